The minimum atomic E-state index is -0.900. The lowest BCUT2D eigenvalue weighted by Crippen LogP contribution is -2.52. The van der Waals surface area contributed by atoms with Crippen molar-refractivity contribution in [3.05, 3.63) is 83.9 Å². The molecule has 0 radical (unpaired) electrons. The fraction of sp³-hybridized carbons (Fsp3) is 0.345. The van der Waals surface area contributed by atoms with Gasteiger partial charge in [0.1, 0.15) is 12.6 Å². The molecule has 0 aliphatic rings. The second-order valence-electron chi connectivity index (χ2n) is 9.11. The van der Waals surface area contributed by atoms with Gasteiger partial charge in [0.25, 0.3) is 0 Å². The van der Waals surface area contributed by atoms with E-state index in [9.17, 15) is 14.4 Å². The lowest BCUT2D eigenvalue weighted by atomic mass is 9.96. The number of rotatable bonds is 11. The van der Waals surface area contributed by atoms with Crippen molar-refractivity contribution < 1.29 is 19.1 Å². The number of hydrogen-bond acceptors (Lipinski definition) is 4. The molecule has 0 spiro atoms. The van der Waals surface area contributed by atoms with E-state index in [0.29, 0.717) is 12.8 Å². The fourth-order valence-electron chi connectivity index (χ4n) is 4.07. The number of nitrogens with one attached hydrogen (secondary N) is 2. The maximum absolute atomic E-state index is 13.4. The Bertz CT molecular complexity index is 1140. The Morgan fingerprint density at radius 2 is 1.51 bits per heavy atom. The number of carbonyl (C=O) groups is 3. The zero-order valence-electron chi connectivity index (χ0n) is 20.6. The van der Waals surface area contributed by atoms with Gasteiger partial charge in [0.05, 0.1) is 6.04 Å². The molecule has 0 aromatic heterocycles. The van der Waals surface area contributed by atoms with Crippen molar-refractivity contribution in [2.45, 2.75) is 58.7 Å². The van der Waals surface area contributed by atoms with E-state index in [1.807, 2.05) is 86.6 Å². The Balaban J connectivity index is 1.80. The third-order valence-electron chi connectivity index (χ3n) is 5.89. The highest BCUT2D eigenvalue weighted by molar-refractivity contribution is 5.93. The lowest BCUT2D eigenvalue weighted by molar-refractivity contribution is -0.129. The zero-order valence-corrected chi connectivity index (χ0v) is 20.6. The van der Waals surface area contributed by atoms with Crippen molar-refractivity contribution in [3.63, 3.8) is 0 Å². The van der Waals surface area contributed by atoms with Gasteiger partial charge in [0, 0.05) is 12.8 Å². The molecule has 2 N–H and O–H groups in total. The molecular weight excluding hydrogens is 440 g/mol. The largest absolute Gasteiger partial charge is 0.445 e. The molecule has 0 aliphatic heterocycles. The van der Waals surface area contributed by atoms with Crippen LogP contribution >= 0.6 is 0 Å². The van der Waals surface area contributed by atoms with Gasteiger partial charge in [-0.2, -0.15) is 0 Å². The summed E-state index contributed by atoms with van der Waals surface area (Å²) in [5.41, 5.74) is 1.78. The number of hydrogen-bond donors (Lipinski definition) is 2. The third kappa shape index (κ3) is 7.67. The number of carbonyl (C=O) groups excluding carboxylic acids is 3. The van der Waals surface area contributed by atoms with Crippen LogP contribution in [0.25, 0.3) is 10.8 Å². The van der Waals surface area contributed by atoms with E-state index in [-0.39, 0.29) is 24.7 Å². The molecular formula is C29H34N2O4. The first-order valence-electron chi connectivity index (χ1n) is 12.1. The predicted octanol–water partition coefficient (Wildman–Crippen LogP) is 5.19. The fourth-order valence-corrected chi connectivity index (χ4v) is 4.07. The number of Topliss-reactive ketones (excluding diaryl/α,β-unsaturated/α-hetero) is 1. The SMILES string of the molecule is CCC(=O)[C@H](CC(C)C)NC(=O)[C@H](Cc1cccc2ccccc12)NC(=O)OCc1ccccc1. The number of ketones is 1. The summed E-state index contributed by atoms with van der Waals surface area (Å²) in [4.78, 5) is 38.5. The molecule has 0 fully saturated rings. The van der Waals surface area contributed by atoms with E-state index in [4.69, 9.17) is 4.74 Å². The number of fused-ring (bicyclic) bond motifs is 1. The molecule has 0 bridgehead atoms. The molecule has 0 heterocycles. The summed E-state index contributed by atoms with van der Waals surface area (Å²) >= 11 is 0. The maximum atomic E-state index is 13.4. The highest BCUT2D eigenvalue weighted by Crippen LogP contribution is 2.20. The molecule has 6 heteroatoms. The van der Waals surface area contributed by atoms with Gasteiger partial charge in [0.15, 0.2) is 5.78 Å². The standard InChI is InChI=1S/C29H34N2O4/c1-4-27(32)25(17-20(2)3)30-28(33)26(31-29(34)35-19-21-11-6-5-7-12-21)18-23-15-10-14-22-13-8-9-16-24(22)23/h5-16,20,25-26H,4,17-19H2,1-3H3,(H,30,33)(H,31,34)/t25-,26-/m0/s1. The number of ether oxygens (including phenoxy) is 1. The van der Waals surface area contributed by atoms with Gasteiger partial charge in [-0.1, -0.05) is 93.6 Å². The Kier molecular flexibility index (Phi) is 9.41. The van der Waals surface area contributed by atoms with Crippen LogP contribution in [0, 0.1) is 5.92 Å². The molecule has 184 valence electrons. The van der Waals surface area contributed by atoms with Crippen molar-refractivity contribution >= 4 is 28.6 Å². The normalized spacial score (nSPS) is 12.7. The molecule has 6 nitrogen and oxygen atoms in total. The van der Waals surface area contributed by atoms with Crippen molar-refractivity contribution in [3.8, 4) is 0 Å². The monoisotopic (exact) mass is 474 g/mol. The van der Waals surface area contributed by atoms with Gasteiger partial charge in [-0.3, -0.25) is 9.59 Å². The van der Waals surface area contributed by atoms with Crippen LogP contribution in [-0.4, -0.2) is 29.9 Å². The molecule has 3 aromatic carbocycles. The molecule has 0 unspecified atom stereocenters. The predicted molar refractivity (Wildman–Crippen MR) is 138 cm³/mol. The van der Waals surface area contributed by atoms with Crippen LogP contribution in [-0.2, 0) is 27.4 Å². The van der Waals surface area contributed by atoms with E-state index in [1.165, 1.54) is 0 Å². The molecule has 0 aliphatic carbocycles. The van der Waals surface area contributed by atoms with Gasteiger partial charge in [-0.05, 0) is 34.2 Å². The summed E-state index contributed by atoms with van der Waals surface area (Å²) in [5, 5.41) is 7.68. The summed E-state index contributed by atoms with van der Waals surface area (Å²) in [7, 11) is 0. The van der Waals surface area contributed by atoms with Gasteiger partial charge >= 0.3 is 6.09 Å². The molecule has 35 heavy (non-hydrogen) atoms. The molecule has 2 amide bonds. The first kappa shape index (κ1) is 25.9. The average Bonchev–Trinajstić information content (AvgIpc) is 2.86. The topological polar surface area (TPSA) is 84.5 Å². The van der Waals surface area contributed by atoms with E-state index >= 15 is 0 Å². The minimum absolute atomic E-state index is 0.0254. The zero-order chi connectivity index (χ0) is 25.2. The van der Waals surface area contributed by atoms with Crippen LogP contribution in [0.1, 0.15) is 44.7 Å². The van der Waals surface area contributed by atoms with E-state index < -0.39 is 24.1 Å². The summed E-state index contributed by atoms with van der Waals surface area (Å²) < 4.78 is 5.38. The van der Waals surface area contributed by atoms with E-state index in [0.717, 1.165) is 21.9 Å². The van der Waals surface area contributed by atoms with Crippen molar-refractivity contribution in [2.24, 2.45) is 5.92 Å². The first-order valence-corrected chi connectivity index (χ1v) is 12.1. The molecule has 2 atom stereocenters. The van der Waals surface area contributed by atoms with Crippen LogP contribution < -0.4 is 10.6 Å². The van der Waals surface area contributed by atoms with Gasteiger partial charge in [-0.15, -0.1) is 0 Å². The first-order chi connectivity index (χ1) is 16.9. The van der Waals surface area contributed by atoms with Crippen LogP contribution in [0.2, 0.25) is 0 Å². The highest BCUT2D eigenvalue weighted by atomic mass is 16.5. The minimum Gasteiger partial charge on any atom is -0.445 e. The lowest BCUT2D eigenvalue weighted by Gasteiger charge is -2.24. The summed E-state index contributed by atoms with van der Waals surface area (Å²) in [6.45, 7) is 5.90. The molecule has 3 aromatic rings. The van der Waals surface area contributed by atoms with Crippen LogP contribution in [0.4, 0.5) is 4.79 Å². The quantitative estimate of drug-likeness (QED) is 0.401. The van der Waals surface area contributed by atoms with Gasteiger partial charge < -0.3 is 15.4 Å². The van der Waals surface area contributed by atoms with Crippen LogP contribution in [0.5, 0.6) is 0 Å². The second-order valence-corrected chi connectivity index (χ2v) is 9.11. The summed E-state index contributed by atoms with van der Waals surface area (Å²) in [6, 6.07) is 21.7. The third-order valence-corrected chi connectivity index (χ3v) is 5.89. The Hall–Kier alpha value is -3.67. The molecule has 3 rings (SSSR count). The summed E-state index contributed by atoms with van der Waals surface area (Å²) in [5.74, 6) is -0.194. The van der Waals surface area contributed by atoms with Gasteiger partial charge in [0.2, 0.25) is 5.91 Å². The summed E-state index contributed by atoms with van der Waals surface area (Å²) in [6.07, 6.45) is 0.453. The van der Waals surface area contributed by atoms with E-state index in [2.05, 4.69) is 10.6 Å². The number of amides is 2. The Morgan fingerprint density at radius 1 is 0.829 bits per heavy atom. The van der Waals surface area contributed by atoms with E-state index in [1.54, 1.807) is 6.92 Å². The van der Waals surface area contributed by atoms with Crippen LogP contribution in [0.3, 0.4) is 0 Å². The van der Waals surface area contributed by atoms with Crippen molar-refractivity contribution in [2.75, 3.05) is 0 Å². The second kappa shape index (κ2) is 12.7. The number of alkyl carbamates (subject to hydrolysis) is 1. The van der Waals surface area contributed by atoms with Crippen LogP contribution in [0.15, 0.2) is 72.8 Å². The molecule has 0 saturated carbocycles. The Labute approximate surface area is 207 Å². The van der Waals surface area contributed by atoms with Crippen molar-refractivity contribution in [1.82, 2.24) is 10.6 Å². The van der Waals surface area contributed by atoms with Crippen molar-refractivity contribution in [1.29, 1.82) is 0 Å². The average molecular weight is 475 g/mol. The Morgan fingerprint density at radius 3 is 2.23 bits per heavy atom. The number of benzene rings is 3. The maximum Gasteiger partial charge on any atom is 0.408 e. The highest BCUT2D eigenvalue weighted by Gasteiger charge is 2.27. The molecule has 0 saturated heterocycles. The van der Waals surface area contributed by atoms with Gasteiger partial charge in [-0.25, -0.2) is 4.79 Å². The smallest absolute Gasteiger partial charge is 0.408 e.